The van der Waals surface area contributed by atoms with Gasteiger partial charge < -0.3 is 29.2 Å². The zero-order valence-electron chi connectivity index (χ0n) is 19.2. The van der Waals surface area contributed by atoms with Crippen molar-refractivity contribution in [2.45, 2.75) is 90.2 Å². The van der Waals surface area contributed by atoms with Crippen molar-refractivity contribution in [3.05, 3.63) is 23.8 Å². The number of aliphatic hydroxyl groups is 2. The second-order valence-electron chi connectivity index (χ2n) is 8.18. The number of epoxide rings is 1. The minimum atomic E-state index is -0.744. The standard InChI is InChI=1S/C23H42O6/c1-8-19(27-6)17(4)22-23(29-22)21(25)16(3)11-9-10-15(2)14-18(26-5)12-13-20(24)28-7/h9-11,16-25H,8,12-14H2,1-7H3/b11-9+,15-10+/t16?,17?,18-,19?,20+,21?,22?,23?/m1/s1. The van der Waals surface area contributed by atoms with E-state index in [1.807, 2.05) is 25.2 Å². The summed E-state index contributed by atoms with van der Waals surface area (Å²) in [6.07, 6.45) is 7.93. The van der Waals surface area contributed by atoms with E-state index in [4.69, 9.17) is 18.9 Å². The van der Waals surface area contributed by atoms with E-state index in [0.717, 1.165) is 19.3 Å². The van der Waals surface area contributed by atoms with E-state index in [2.05, 4.69) is 20.8 Å². The smallest absolute Gasteiger partial charge is 0.154 e. The van der Waals surface area contributed by atoms with Crippen LogP contribution in [0, 0.1) is 11.8 Å². The van der Waals surface area contributed by atoms with Crippen LogP contribution in [-0.2, 0) is 18.9 Å². The molecule has 1 rings (SSSR count). The Morgan fingerprint density at radius 3 is 2.28 bits per heavy atom. The monoisotopic (exact) mass is 414 g/mol. The molecule has 0 aromatic heterocycles. The molecule has 6 heteroatoms. The van der Waals surface area contributed by atoms with Crippen molar-refractivity contribution in [1.82, 2.24) is 0 Å². The Balaban J connectivity index is 2.47. The molecule has 1 aliphatic rings. The third kappa shape index (κ3) is 8.87. The van der Waals surface area contributed by atoms with Crippen LogP contribution in [0.2, 0.25) is 0 Å². The predicted molar refractivity (Wildman–Crippen MR) is 115 cm³/mol. The first-order chi connectivity index (χ1) is 13.8. The summed E-state index contributed by atoms with van der Waals surface area (Å²) >= 11 is 0. The molecule has 29 heavy (non-hydrogen) atoms. The van der Waals surface area contributed by atoms with Crippen LogP contribution in [0.25, 0.3) is 0 Å². The van der Waals surface area contributed by atoms with Gasteiger partial charge in [-0.1, -0.05) is 44.6 Å². The molecule has 170 valence electrons. The molecule has 2 N–H and O–H groups in total. The van der Waals surface area contributed by atoms with E-state index < -0.39 is 12.4 Å². The van der Waals surface area contributed by atoms with Crippen LogP contribution in [0.3, 0.4) is 0 Å². The van der Waals surface area contributed by atoms with E-state index in [9.17, 15) is 10.2 Å². The third-order valence-corrected chi connectivity index (χ3v) is 5.93. The summed E-state index contributed by atoms with van der Waals surface area (Å²) in [5, 5.41) is 20.1. The highest BCUT2D eigenvalue weighted by molar-refractivity contribution is 5.13. The van der Waals surface area contributed by atoms with Gasteiger partial charge in [0.15, 0.2) is 6.29 Å². The van der Waals surface area contributed by atoms with Crippen LogP contribution in [0.5, 0.6) is 0 Å². The quantitative estimate of drug-likeness (QED) is 0.243. The molecule has 0 spiro atoms. The molecule has 6 nitrogen and oxygen atoms in total. The van der Waals surface area contributed by atoms with Gasteiger partial charge in [0.25, 0.3) is 0 Å². The topological polar surface area (TPSA) is 80.7 Å². The lowest BCUT2D eigenvalue weighted by atomic mass is 9.91. The molecule has 1 aliphatic heterocycles. The lowest BCUT2D eigenvalue weighted by molar-refractivity contribution is -0.0854. The minimum absolute atomic E-state index is 0.000978. The van der Waals surface area contributed by atoms with Crippen molar-refractivity contribution in [2.24, 2.45) is 11.8 Å². The summed E-state index contributed by atoms with van der Waals surface area (Å²) in [5.41, 5.74) is 1.18. The van der Waals surface area contributed by atoms with Crippen molar-refractivity contribution < 1.29 is 29.2 Å². The van der Waals surface area contributed by atoms with Crippen molar-refractivity contribution in [1.29, 1.82) is 0 Å². The molecule has 0 radical (unpaired) electrons. The van der Waals surface area contributed by atoms with Gasteiger partial charge in [0.05, 0.1) is 24.4 Å². The number of methoxy groups -OCH3 is 3. The summed E-state index contributed by atoms with van der Waals surface area (Å²) in [6.45, 7) is 8.29. The van der Waals surface area contributed by atoms with Gasteiger partial charge in [-0.25, -0.2) is 0 Å². The zero-order chi connectivity index (χ0) is 22.0. The number of hydrogen-bond donors (Lipinski definition) is 2. The fourth-order valence-corrected chi connectivity index (χ4v) is 3.78. The fourth-order valence-electron chi connectivity index (χ4n) is 3.78. The van der Waals surface area contributed by atoms with Crippen LogP contribution >= 0.6 is 0 Å². The first kappa shape index (κ1) is 26.3. The van der Waals surface area contributed by atoms with E-state index in [-0.39, 0.29) is 36.3 Å². The highest BCUT2D eigenvalue weighted by Gasteiger charge is 2.50. The number of ether oxygens (including phenoxy) is 4. The summed E-state index contributed by atoms with van der Waals surface area (Å²) in [4.78, 5) is 0. The molecule has 1 fully saturated rings. The Morgan fingerprint density at radius 2 is 1.72 bits per heavy atom. The Hall–Kier alpha value is -0.760. The molecular formula is C23H42O6. The van der Waals surface area contributed by atoms with E-state index in [0.29, 0.717) is 6.42 Å². The number of hydrogen-bond acceptors (Lipinski definition) is 6. The highest BCUT2D eigenvalue weighted by atomic mass is 16.6. The average molecular weight is 415 g/mol. The summed E-state index contributed by atoms with van der Waals surface area (Å²) in [5.74, 6) is 0.268. The number of allylic oxidation sites excluding steroid dienone is 2. The van der Waals surface area contributed by atoms with Crippen molar-refractivity contribution >= 4 is 0 Å². The van der Waals surface area contributed by atoms with Crippen LogP contribution in [0.15, 0.2) is 23.8 Å². The van der Waals surface area contributed by atoms with Gasteiger partial charge in [0, 0.05) is 39.6 Å². The largest absolute Gasteiger partial charge is 0.390 e. The molecular weight excluding hydrogens is 372 g/mol. The second-order valence-corrected chi connectivity index (χ2v) is 8.18. The normalized spacial score (nSPS) is 26.2. The number of aliphatic hydroxyl groups excluding tert-OH is 2. The van der Waals surface area contributed by atoms with Crippen LogP contribution < -0.4 is 0 Å². The van der Waals surface area contributed by atoms with Crippen LogP contribution in [-0.4, -0.2) is 68.4 Å². The number of rotatable bonds is 15. The molecule has 0 saturated carbocycles. The van der Waals surface area contributed by atoms with Crippen molar-refractivity contribution in [2.75, 3.05) is 21.3 Å². The van der Waals surface area contributed by atoms with E-state index in [1.165, 1.54) is 12.7 Å². The first-order valence-corrected chi connectivity index (χ1v) is 10.7. The van der Waals surface area contributed by atoms with Gasteiger partial charge in [0.2, 0.25) is 0 Å². The first-order valence-electron chi connectivity index (χ1n) is 10.7. The minimum Gasteiger partial charge on any atom is -0.390 e. The lowest BCUT2D eigenvalue weighted by Gasteiger charge is -2.20. The molecule has 8 atom stereocenters. The van der Waals surface area contributed by atoms with Gasteiger partial charge in [-0.3, -0.25) is 0 Å². The van der Waals surface area contributed by atoms with Crippen LogP contribution in [0.1, 0.15) is 53.4 Å². The summed E-state index contributed by atoms with van der Waals surface area (Å²) in [7, 11) is 4.91. The second kappa shape index (κ2) is 13.5. The average Bonchev–Trinajstić information content (AvgIpc) is 3.51. The fraction of sp³-hybridized carbons (Fsp3) is 0.826. The maximum atomic E-state index is 10.6. The molecule has 1 saturated heterocycles. The Bertz CT molecular complexity index is 502. The Morgan fingerprint density at radius 1 is 1.03 bits per heavy atom. The SMILES string of the molecule is CCC(OC)C(C)C1OC1C(O)C(C)/C=C/C=C(\C)C[C@@H](CC[C@@H](O)OC)OC. The molecule has 0 bridgehead atoms. The Kier molecular flexibility index (Phi) is 12.3. The van der Waals surface area contributed by atoms with E-state index >= 15 is 0 Å². The highest BCUT2D eigenvalue weighted by Crippen LogP contribution is 2.37. The van der Waals surface area contributed by atoms with Gasteiger partial charge in [-0.15, -0.1) is 0 Å². The summed E-state index contributed by atoms with van der Waals surface area (Å²) < 4.78 is 21.6. The summed E-state index contributed by atoms with van der Waals surface area (Å²) in [6, 6.07) is 0. The van der Waals surface area contributed by atoms with Crippen LogP contribution in [0.4, 0.5) is 0 Å². The zero-order valence-corrected chi connectivity index (χ0v) is 19.2. The maximum Gasteiger partial charge on any atom is 0.154 e. The molecule has 0 aliphatic carbocycles. The maximum absolute atomic E-state index is 10.6. The van der Waals surface area contributed by atoms with Crippen molar-refractivity contribution in [3.8, 4) is 0 Å². The molecule has 0 amide bonds. The van der Waals surface area contributed by atoms with Gasteiger partial charge >= 0.3 is 0 Å². The molecule has 1 heterocycles. The van der Waals surface area contributed by atoms with E-state index in [1.54, 1.807) is 14.2 Å². The Labute approximate surface area is 176 Å². The molecule has 0 aromatic rings. The molecule has 6 unspecified atom stereocenters. The molecule has 0 aromatic carbocycles. The van der Waals surface area contributed by atoms with Gasteiger partial charge in [-0.05, 0) is 26.2 Å². The van der Waals surface area contributed by atoms with Gasteiger partial charge in [-0.2, -0.15) is 0 Å². The third-order valence-electron chi connectivity index (χ3n) is 5.93. The lowest BCUT2D eigenvalue weighted by Crippen LogP contribution is -2.30. The van der Waals surface area contributed by atoms with Gasteiger partial charge in [0.1, 0.15) is 6.10 Å². The van der Waals surface area contributed by atoms with Crippen molar-refractivity contribution in [3.63, 3.8) is 0 Å². The predicted octanol–water partition coefficient (Wildman–Crippen LogP) is 3.46.